The normalized spacial score (nSPS) is 12.7. The van der Waals surface area contributed by atoms with E-state index in [9.17, 15) is 0 Å². The lowest BCUT2D eigenvalue weighted by Crippen LogP contribution is -2.23. The number of aryl methyl sites for hydroxylation is 2. The highest BCUT2D eigenvalue weighted by Crippen LogP contribution is 2.34. The molecule has 0 radical (unpaired) electrons. The van der Waals surface area contributed by atoms with Crippen molar-refractivity contribution in [3.05, 3.63) is 54.6 Å². The van der Waals surface area contributed by atoms with Crippen molar-refractivity contribution in [3.8, 4) is 0 Å². The molecule has 1 heterocycles. The van der Waals surface area contributed by atoms with Gasteiger partial charge in [0.25, 0.3) is 0 Å². The van der Waals surface area contributed by atoms with E-state index in [0.29, 0.717) is 0 Å². The zero-order valence-corrected chi connectivity index (χ0v) is 15.1. The molecule has 20 heavy (non-hydrogen) atoms. The molecule has 1 N–H and O–H groups in total. The van der Waals surface area contributed by atoms with Gasteiger partial charge in [0.1, 0.15) is 0 Å². The van der Waals surface area contributed by atoms with E-state index in [-0.39, 0.29) is 6.04 Å². The van der Waals surface area contributed by atoms with E-state index in [1.807, 2.05) is 6.92 Å². The Morgan fingerprint density at radius 2 is 2.05 bits per heavy atom. The summed E-state index contributed by atoms with van der Waals surface area (Å²) < 4.78 is 1.17. The van der Waals surface area contributed by atoms with Crippen molar-refractivity contribution < 1.29 is 0 Å². The van der Waals surface area contributed by atoms with Crippen LogP contribution < -0.4 is 5.32 Å². The summed E-state index contributed by atoms with van der Waals surface area (Å²) in [4.78, 5) is 1.34. The summed E-state index contributed by atoms with van der Waals surface area (Å²) in [7, 11) is 0. The van der Waals surface area contributed by atoms with Crippen LogP contribution in [0.3, 0.4) is 0 Å². The Hall–Kier alpha value is -0.350. The first-order valence-corrected chi connectivity index (χ1v) is 8.77. The minimum atomic E-state index is 0.204. The molecule has 1 atom stereocenters. The number of thiophene rings is 1. The molecule has 1 unspecified atom stereocenters. The lowest BCUT2D eigenvalue weighted by Gasteiger charge is -2.20. The topological polar surface area (TPSA) is 12.0 Å². The van der Waals surface area contributed by atoms with E-state index < -0.39 is 0 Å². The highest BCUT2D eigenvalue weighted by atomic mass is 79.9. The second kappa shape index (κ2) is 7.08. The van der Waals surface area contributed by atoms with Crippen LogP contribution in [0.5, 0.6) is 0 Å². The van der Waals surface area contributed by atoms with Crippen LogP contribution in [0.25, 0.3) is 0 Å². The molecule has 0 fully saturated rings. The van der Waals surface area contributed by atoms with Crippen molar-refractivity contribution in [2.24, 2.45) is 0 Å². The molecule has 0 saturated heterocycles. The summed E-state index contributed by atoms with van der Waals surface area (Å²) in [6.45, 7) is 7.37. The Labute approximate surface area is 138 Å². The van der Waals surface area contributed by atoms with Gasteiger partial charge in [-0.15, -0.1) is 11.3 Å². The Balaban J connectivity index is 2.41. The molecule has 0 aliphatic rings. The van der Waals surface area contributed by atoms with Crippen LogP contribution in [0.15, 0.2) is 28.1 Å². The summed E-state index contributed by atoms with van der Waals surface area (Å²) in [5, 5.41) is 4.46. The molecule has 0 aliphatic heterocycles. The van der Waals surface area contributed by atoms with Gasteiger partial charge in [-0.2, -0.15) is 0 Å². The Bertz CT molecular complexity index is 594. The summed E-state index contributed by atoms with van der Waals surface area (Å²) >= 11 is 11.6. The minimum absolute atomic E-state index is 0.204. The van der Waals surface area contributed by atoms with E-state index in [1.165, 1.54) is 19.8 Å². The molecule has 1 aromatic carbocycles. The molecule has 1 aromatic heterocycles. The fourth-order valence-electron chi connectivity index (χ4n) is 2.23. The highest BCUT2D eigenvalue weighted by molar-refractivity contribution is 9.11. The summed E-state index contributed by atoms with van der Waals surface area (Å²) in [5.74, 6) is 0. The number of hydrogen-bond acceptors (Lipinski definition) is 2. The largest absolute Gasteiger partial charge is 0.306 e. The molecule has 4 heteroatoms. The number of hydrogen-bond donors (Lipinski definition) is 1. The predicted molar refractivity (Wildman–Crippen MR) is 93.1 cm³/mol. The minimum Gasteiger partial charge on any atom is -0.306 e. The van der Waals surface area contributed by atoms with Gasteiger partial charge in [0.2, 0.25) is 0 Å². The predicted octanol–water partition coefficient (Wildman–Crippen LogP) is 5.87. The average molecular weight is 373 g/mol. The van der Waals surface area contributed by atoms with Gasteiger partial charge in [-0.05, 0) is 71.6 Å². The van der Waals surface area contributed by atoms with Gasteiger partial charge in [-0.1, -0.05) is 30.7 Å². The SMILES string of the molecule is CCCNC(c1ccc(C)c(Cl)c1)c1cc(Br)sc1C. The molecule has 0 saturated carbocycles. The fraction of sp³-hybridized carbons (Fsp3) is 0.375. The average Bonchev–Trinajstić information content (AvgIpc) is 2.73. The number of nitrogens with one attached hydrogen (secondary N) is 1. The highest BCUT2D eigenvalue weighted by Gasteiger charge is 2.18. The van der Waals surface area contributed by atoms with Crippen LogP contribution in [-0.2, 0) is 0 Å². The van der Waals surface area contributed by atoms with Crippen molar-refractivity contribution in [2.75, 3.05) is 6.54 Å². The third-order valence-corrected chi connectivity index (χ3v) is 5.34. The molecule has 2 aromatic rings. The van der Waals surface area contributed by atoms with Crippen molar-refractivity contribution in [1.82, 2.24) is 5.32 Å². The maximum absolute atomic E-state index is 6.29. The van der Waals surface area contributed by atoms with Crippen molar-refractivity contribution in [1.29, 1.82) is 0 Å². The lowest BCUT2D eigenvalue weighted by atomic mass is 9.98. The smallest absolute Gasteiger partial charge is 0.0704 e. The van der Waals surface area contributed by atoms with Gasteiger partial charge < -0.3 is 5.32 Å². The van der Waals surface area contributed by atoms with Crippen LogP contribution in [0.1, 0.15) is 41.0 Å². The van der Waals surface area contributed by atoms with Gasteiger partial charge in [-0.25, -0.2) is 0 Å². The Morgan fingerprint density at radius 1 is 1.30 bits per heavy atom. The molecule has 0 amide bonds. The fourth-order valence-corrected chi connectivity index (χ4v) is 4.17. The quantitative estimate of drug-likeness (QED) is 0.692. The monoisotopic (exact) mass is 371 g/mol. The molecule has 108 valence electrons. The van der Waals surface area contributed by atoms with E-state index in [1.54, 1.807) is 11.3 Å². The first-order chi connectivity index (χ1) is 9.52. The van der Waals surface area contributed by atoms with Crippen LogP contribution in [-0.4, -0.2) is 6.54 Å². The van der Waals surface area contributed by atoms with E-state index in [4.69, 9.17) is 11.6 Å². The maximum Gasteiger partial charge on any atom is 0.0704 e. The molecule has 2 rings (SSSR count). The van der Waals surface area contributed by atoms with Gasteiger partial charge >= 0.3 is 0 Å². The second-order valence-corrected chi connectivity index (χ2v) is 8.00. The summed E-state index contributed by atoms with van der Waals surface area (Å²) in [5.41, 5.74) is 3.67. The van der Waals surface area contributed by atoms with E-state index in [0.717, 1.165) is 23.6 Å². The summed E-state index contributed by atoms with van der Waals surface area (Å²) in [6, 6.07) is 8.75. The first-order valence-electron chi connectivity index (χ1n) is 6.78. The second-order valence-electron chi connectivity index (χ2n) is 4.96. The molecular formula is C16H19BrClNS. The van der Waals surface area contributed by atoms with Crippen molar-refractivity contribution in [3.63, 3.8) is 0 Å². The Kier molecular flexibility index (Phi) is 5.67. The van der Waals surface area contributed by atoms with Crippen LogP contribution in [0, 0.1) is 13.8 Å². The molecule has 1 nitrogen and oxygen atoms in total. The lowest BCUT2D eigenvalue weighted by molar-refractivity contribution is 0.598. The van der Waals surface area contributed by atoms with Gasteiger partial charge in [0.15, 0.2) is 0 Å². The molecule has 0 bridgehead atoms. The number of benzene rings is 1. The van der Waals surface area contributed by atoms with Gasteiger partial charge in [0, 0.05) is 9.90 Å². The third kappa shape index (κ3) is 3.64. The number of rotatable bonds is 5. The standard InChI is InChI=1S/C16H19BrClNS/c1-4-7-19-16(13-9-15(17)20-11(13)3)12-6-5-10(2)14(18)8-12/h5-6,8-9,16,19H,4,7H2,1-3H3. The molecular weight excluding hydrogens is 354 g/mol. The maximum atomic E-state index is 6.29. The zero-order valence-electron chi connectivity index (χ0n) is 12.0. The molecule has 0 spiro atoms. The van der Waals surface area contributed by atoms with Crippen molar-refractivity contribution >= 4 is 38.9 Å². The first kappa shape index (κ1) is 16.0. The Morgan fingerprint density at radius 3 is 2.60 bits per heavy atom. The van der Waals surface area contributed by atoms with Crippen LogP contribution in [0.4, 0.5) is 0 Å². The van der Waals surface area contributed by atoms with Gasteiger partial charge in [0.05, 0.1) is 9.83 Å². The van der Waals surface area contributed by atoms with E-state index in [2.05, 4.69) is 59.4 Å². The van der Waals surface area contributed by atoms with Crippen molar-refractivity contribution in [2.45, 2.75) is 33.2 Å². The third-order valence-electron chi connectivity index (χ3n) is 3.36. The van der Waals surface area contributed by atoms with Gasteiger partial charge in [-0.3, -0.25) is 0 Å². The van der Waals surface area contributed by atoms with Crippen LogP contribution >= 0.6 is 38.9 Å². The summed E-state index contributed by atoms with van der Waals surface area (Å²) in [6.07, 6.45) is 1.11. The van der Waals surface area contributed by atoms with E-state index >= 15 is 0 Å². The van der Waals surface area contributed by atoms with Crippen LogP contribution in [0.2, 0.25) is 5.02 Å². The molecule has 0 aliphatic carbocycles. The zero-order chi connectivity index (χ0) is 14.7. The number of halogens is 2.